The van der Waals surface area contributed by atoms with E-state index < -0.39 is 0 Å². The van der Waals surface area contributed by atoms with Crippen molar-refractivity contribution in [3.05, 3.63) is 184 Å². The molecule has 6 aromatic rings. The van der Waals surface area contributed by atoms with Gasteiger partial charge in [-0.2, -0.15) is 0 Å². The molecule has 0 radical (unpaired) electrons. The number of hydrogen-bond donors (Lipinski definition) is 0. The highest BCUT2D eigenvalue weighted by Gasteiger charge is 2.04. The van der Waals surface area contributed by atoms with E-state index in [1.54, 1.807) is 25.3 Å². The van der Waals surface area contributed by atoms with Crippen LogP contribution in [0.5, 0.6) is 69.0 Å². The van der Waals surface area contributed by atoms with E-state index in [1.165, 1.54) is 0 Å². The van der Waals surface area contributed by atoms with Gasteiger partial charge < -0.3 is 56.8 Å². The Labute approximate surface area is 487 Å². The minimum absolute atomic E-state index is 0.506. The molecular formula is C69H96O12. The van der Waals surface area contributed by atoms with Crippen molar-refractivity contribution in [3.8, 4) is 69.0 Å². The summed E-state index contributed by atoms with van der Waals surface area (Å²) < 4.78 is 64.8. The Balaban J connectivity index is 0.000000487. The van der Waals surface area contributed by atoms with E-state index in [-0.39, 0.29) is 0 Å². The van der Waals surface area contributed by atoms with Gasteiger partial charge in [0.1, 0.15) is 65.8 Å². The van der Waals surface area contributed by atoms with Crippen LogP contribution < -0.4 is 56.8 Å². The number of methoxy groups -OCH3 is 1. The fraction of sp³-hybridized carbons (Fsp3) is 0.391. The van der Waals surface area contributed by atoms with Crippen molar-refractivity contribution < 1.29 is 56.8 Å². The monoisotopic (exact) mass is 1120 g/mol. The maximum absolute atomic E-state index is 5.65. The Morgan fingerprint density at radius 2 is 0.580 bits per heavy atom. The quantitative estimate of drug-likeness (QED) is 0.0289. The Bertz CT molecular complexity index is 2380. The number of unbranched alkanes of at least 4 members (excludes halogenated alkanes) is 1. The smallest absolute Gasteiger partial charge is 0.161 e. The molecule has 12 nitrogen and oxygen atoms in total. The van der Waals surface area contributed by atoms with Crippen LogP contribution in [0.1, 0.15) is 100 Å². The summed E-state index contributed by atoms with van der Waals surface area (Å²) in [5.41, 5.74) is 0. The lowest BCUT2D eigenvalue weighted by atomic mass is 10.3. The number of hydrogen-bond acceptors (Lipinski definition) is 12. The molecule has 0 amide bonds. The third-order valence-electron chi connectivity index (χ3n) is 10.0. The molecule has 81 heavy (non-hydrogen) atoms. The van der Waals surface area contributed by atoms with Crippen molar-refractivity contribution in [1.82, 2.24) is 0 Å². The minimum atomic E-state index is 0.506. The molecule has 0 N–H and O–H groups in total. The third kappa shape index (κ3) is 36.1. The number of ether oxygens (including phenoxy) is 12. The minimum Gasteiger partial charge on any atom is -0.497 e. The fourth-order valence-corrected chi connectivity index (χ4v) is 6.17. The summed E-state index contributed by atoms with van der Waals surface area (Å²) in [7, 11) is 1.65. The van der Waals surface area contributed by atoms with Crippen LogP contribution in [0.3, 0.4) is 0 Å². The average Bonchev–Trinajstić information content (AvgIpc) is 3.51. The molecule has 0 aliphatic heterocycles. The molecular weight excluding hydrogens is 1020 g/mol. The number of rotatable bonds is 33. The summed E-state index contributed by atoms with van der Waals surface area (Å²) in [4.78, 5) is 0. The molecule has 0 aliphatic rings. The first kappa shape index (κ1) is 71.2. The second-order valence-corrected chi connectivity index (χ2v) is 17.1. The topological polar surface area (TPSA) is 111 Å². The highest BCUT2D eigenvalue weighted by atomic mass is 16.5. The summed E-state index contributed by atoms with van der Waals surface area (Å²) in [6.07, 6.45) is 12.5. The highest BCUT2D eigenvalue weighted by molar-refractivity contribution is 5.40. The van der Waals surface area contributed by atoms with Crippen LogP contribution in [-0.4, -0.2) is 79.8 Å². The standard InChI is InChI=1S/C13H20O2.3C12H16O2.2C10H14O2/c1-3-5-11-15-13-9-7-6-8-12(13)14-10-4-2;1-3-9-13-11-5-7-12(8-6-11)14-10-4-2;1-3-9-13-11-7-5-6-8-12(11)14-10-4-2;1-3-8-13-11-6-5-7-12(10-11)14-9-4-2;1-3-8-12-10-6-4-9(11-2)5-7-10;1-3-11-9-5-7-10(8-6-9)12-4-2/h6-9H,3-5,10-11H2,1-2H3;2*3,5-8H,1,4,9-10H2,2H3;3,5-7,10H,1,4,8-9H2,2H3;4-7H,3,8H2,1-2H3;5-8H,3-4H2,1-2H3. The zero-order valence-corrected chi connectivity index (χ0v) is 50.3. The molecule has 444 valence electrons. The van der Waals surface area contributed by atoms with Crippen LogP contribution in [0, 0.1) is 0 Å². The van der Waals surface area contributed by atoms with Crippen LogP contribution in [0.25, 0.3) is 0 Å². The summed E-state index contributed by atoms with van der Waals surface area (Å²) in [6.45, 7) is 34.8. The van der Waals surface area contributed by atoms with Crippen molar-refractivity contribution in [2.75, 3.05) is 79.8 Å². The lowest BCUT2D eigenvalue weighted by Gasteiger charge is -2.11. The Morgan fingerprint density at radius 3 is 0.938 bits per heavy atom. The Morgan fingerprint density at radius 1 is 0.284 bits per heavy atom. The predicted molar refractivity (Wildman–Crippen MR) is 334 cm³/mol. The van der Waals surface area contributed by atoms with Gasteiger partial charge in [-0.25, -0.2) is 0 Å². The van der Waals surface area contributed by atoms with Crippen molar-refractivity contribution in [2.24, 2.45) is 0 Å². The average molecular weight is 1120 g/mol. The van der Waals surface area contributed by atoms with E-state index in [2.05, 4.69) is 61.3 Å². The van der Waals surface area contributed by atoms with E-state index in [1.807, 2.05) is 159 Å². The van der Waals surface area contributed by atoms with Gasteiger partial charge in [0.25, 0.3) is 0 Å². The Hall–Kier alpha value is -7.86. The van der Waals surface area contributed by atoms with Crippen molar-refractivity contribution >= 4 is 0 Å². The van der Waals surface area contributed by atoms with Crippen LogP contribution in [0.15, 0.2) is 184 Å². The molecule has 0 atom stereocenters. The first-order chi connectivity index (χ1) is 39.7. The number of para-hydroxylation sites is 4. The second-order valence-electron chi connectivity index (χ2n) is 17.1. The summed E-state index contributed by atoms with van der Waals surface area (Å²) in [5.74, 6) is 10.2. The van der Waals surface area contributed by atoms with Gasteiger partial charge in [0.05, 0.1) is 60.0 Å². The molecule has 0 heterocycles. The van der Waals surface area contributed by atoms with Crippen LogP contribution in [0.4, 0.5) is 0 Å². The first-order valence-electron chi connectivity index (χ1n) is 28.6. The van der Waals surface area contributed by atoms with E-state index >= 15 is 0 Å². The van der Waals surface area contributed by atoms with Crippen molar-refractivity contribution in [1.29, 1.82) is 0 Å². The second kappa shape index (κ2) is 50.4. The van der Waals surface area contributed by atoms with Crippen molar-refractivity contribution in [2.45, 2.75) is 100 Å². The fourth-order valence-electron chi connectivity index (χ4n) is 6.17. The van der Waals surface area contributed by atoms with E-state index in [0.29, 0.717) is 39.6 Å². The molecule has 0 unspecified atom stereocenters. The lowest BCUT2D eigenvalue weighted by molar-refractivity contribution is 0.265. The zero-order valence-electron chi connectivity index (χ0n) is 50.3. The largest absolute Gasteiger partial charge is 0.497 e. The van der Waals surface area contributed by atoms with Crippen LogP contribution in [-0.2, 0) is 0 Å². The molecule has 6 aromatic carbocycles. The van der Waals surface area contributed by atoms with Gasteiger partial charge in [-0.3, -0.25) is 0 Å². The van der Waals surface area contributed by atoms with Gasteiger partial charge in [-0.1, -0.05) is 116 Å². The van der Waals surface area contributed by atoms with Gasteiger partial charge in [0.2, 0.25) is 0 Å². The van der Waals surface area contributed by atoms with Gasteiger partial charge in [-0.05, 0) is 162 Å². The predicted octanol–water partition coefficient (Wildman–Crippen LogP) is 17.7. The van der Waals surface area contributed by atoms with E-state index in [0.717, 1.165) is 147 Å². The van der Waals surface area contributed by atoms with Crippen molar-refractivity contribution in [3.63, 3.8) is 0 Å². The summed E-state index contributed by atoms with van der Waals surface area (Å²) >= 11 is 0. The molecule has 0 saturated heterocycles. The molecule has 0 bridgehead atoms. The SMILES string of the molecule is C=CCOc1ccc(OCCC)cc1.C=CCOc1cccc(OCCC)c1.C=CCOc1ccccc1OCCC.CCCCOc1ccccc1OCCC.CCCOc1ccc(OC)cc1.CCOc1ccc(OCC)cc1. The highest BCUT2D eigenvalue weighted by Crippen LogP contribution is 2.28. The Kier molecular flexibility index (Phi) is 44.2. The molecule has 6 rings (SSSR count). The van der Waals surface area contributed by atoms with Crippen LogP contribution in [0.2, 0.25) is 0 Å². The first-order valence-corrected chi connectivity index (χ1v) is 28.6. The lowest BCUT2D eigenvalue weighted by Crippen LogP contribution is -2.01. The number of benzene rings is 6. The zero-order chi connectivity index (χ0) is 59.2. The van der Waals surface area contributed by atoms with Gasteiger partial charge >= 0.3 is 0 Å². The summed E-state index contributed by atoms with van der Waals surface area (Å²) in [5, 5.41) is 0. The van der Waals surface area contributed by atoms with E-state index in [4.69, 9.17) is 56.8 Å². The normalized spacial score (nSPS) is 9.59. The third-order valence-corrected chi connectivity index (χ3v) is 10.0. The van der Waals surface area contributed by atoms with Gasteiger partial charge in [-0.15, -0.1) is 0 Å². The molecule has 0 spiro atoms. The molecule has 0 saturated carbocycles. The molecule has 0 fully saturated rings. The van der Waals surface area contributed by atoms with E-state index in [9.17, 15) is 0 Å². The maximum atomic E-state index is 5.65. The van der Waals surface area contributed by atoms with Gasteiger partial charge in [0, 0.05) is 6.07 Å². The molecule has 0 aromatic heterocycles. The molecule has 0 aliphatic carbocycles. The van der Waals surface area contributed by atoms with Gasteiger partial charge in [0.15, 0.2) is 23.0 Å². The van der Waals surface area contributed by atoms with Crippen LogP contribution >= 0.6 is 0 Å². The summed E-state index contributed by atoms with van der Waals surface area (Å²) in [6, 6.07) is 46.0. The molecule has 12 heteroatoms. The maximum Gasteiger partial charge on any atom is 0.161 e.